The summed E-state index contributed by atoms with van der Waals surface area (Å²) in [6, 6.07) is 5.01. The molecule has 1 atom stereocenters. The quantitative estimate of drug-likeness (QED) is 0.639. The third-order valence-corrected chi connectivity index (χ3v) is 3.67. The number of aliphatic hydroxyl groups is 1. The lowest BCUT2D eigenvalue weighted by atomic mass is 9.90. The van der Waals surface area contributed by atoms with Crippen LogP contribution in [-0.4, -0.2) is 57.4 Å². The number of benzene rings is 1. The Bertz CT molecular complexity index is 436. The zero-order valence-corrected chi connectivity index (χ0v) is 14.5. The number of hydrogen-bond acceptors (Lipinski definition) is 6. The Morgan fingerprint density at radius 1 is 1.00 bits per heavy atom. The molecule has 1 aromatic rings. The summed E-state index contributed by atoms with van der Waals surface area (Å²) in [5.41, 5.74) is 5.93. The van der Waals surface area contributed by atoms with Gasteiger partial charge in [0.25, 0.3) is 0 Å². The molecule has 0 aliphatic rings. The minimum Gasteiger partial charge on any atom is -0.497 e. The SMILES string of the molecule is CCOCC(O)(COCC)C(N)Cc1cc(OC)cc(OC)c1. The highest BCUT2D eigenvalue weighted by Gasteiger charge is 2.35. The largest absolute Gasteiger partial charge is 0.497 e. The van der Waals surface area contributed by atoms with Gasteiger partial charge in [0.15, 0.2) is 0 Å². The summed E-state index contributed by atoms with van der Waals surface area (Å²) < 4.78 is 21.3. The van der Waals surface area contributed by atoms with E-state index in [1.165, 1.54) is 0 Å². The van der Waals surface area contributed by atoms with Crippen LogP contribution in [0.4, 0.5) is 0 Å². The average molecular weight is 327 g/mol. The van der Waals surface area contributed by atoms with E-state index in [0.29, 0.717) is 31.1 Å². The van der Waals surface area contributed by atoms with E-state index in [1.807, 2.05) is 26.0 Å². The summed E-state index contributed by atoms with van der Waals surface area (Å²) in [6.07, 6.45) is 0.449. The molecule has 0 radical (unpaired) electrons. The Kier molecular flexibility index (Phi) is 8.33. The summed E-state index contributed by atoms with van der Waals surface area (Å²) in [5.74, 6) is 1.37. The highest BCUT2D eigenvalue weighted by Crippen LogP contribution is 2.25. The van der Waals surface area contributed by atoms with Crippen LogP contribution in [0.25, 0.3) is 0 Å². The van der Waals surface area contributed by atoms with Crippen LogP contribution in [-0.2, 0) is 15.9 Å². The first-order valence-electron chi connectivity index (χ1n) is 7.84. The lowest BCUT2D eigenvalue weighted by Crippen LogP contribution is -2.55. The summed E-state index contributed by atoms with van der Waals surface area (Å²) in [7, 11) is 3.19. The molecule has 0 spiro atoms. The molecule has 0 saturated carbocycles. The molecule has 3 N–H and O–H groups in total. The Morgan fingerprint density at radius 3 is 1.87 bits per heavy atom. The van der Waals surface area contributed by atoms with Crippen molar-refractivity contribution in [2.75, 3.05) is 40.6 Å². The van der Waals surface area contributed by atoms with Gasteiger partial charge in [-0.3, -0.25) is 0 Å². The van der Waals surface area contributed by atoms with Gasteiger partial charge in [-0.25, -0.2) is 0 Å². The van der Waals surface area contributed by atoms with E-state index in [-0.39, 0.29) is 13.2 Å². The summed E-state index contributed by atoms with van der Waals surface area (Å²) in [5, 5.41) is 10.8. The second kappa shape index (κ2) is 9.72. The van der Waals surface area contributed by atoms with Crippen LogP contribution in [0.1, 0.15) is 19.4 Å². The third kappa shape index (κ3) is 5.99. The molecule has 1 rings (SSSR count). The van der Waals surface area contributed by atoms with Gasteiger partial charge in [-0.05, 0) is 38.0 Å². The molecular weight excluding hydrogens is 298 g/mol. The van der Waals surface area contributed by atoms with E-state index in [0.717, 1.165) is 5.56 Å². The van der Waals surface area contributed by atoms with Gasteiger partial charge in [0.1, 0.15) is 17.1 Å². The van der Waals surface area contributed by atoms with Gasteiger partial charge in [0.2, 0.25) is 0 Å². The van der Waals surface area contributed by atoms with Crippen molar-refractivity contribution in [2.45, 2.75) is 31.9 Å². The van der Waals surface area contributed by atoms with Crippen molar-refractivity contribution < 1.29 is 24.1 Å². The van der Waals surface area contributed by atoms with Crippen molar-refractivity contribution in [1.82, 2.24) is 0 Å². The van der Waals surface area contributed by atoms with Crippen LogP contribution in [0.15, 0.2) is 18.2 Å². The molecular formula is C17H29NO5. The standard InChI is InChI=1S/C17H29NO5/c1-5-22-11-17(19,12-23-6-2)16(18)9-13-7-14(20-3)10-15(8-13)21-4/h7-8,10,16,19H,5-6,9,11-12,18H2,1-4H3. The predicted molar refractivity (Wildman–Crippen MR) is 89.2 cm³/mol. The number of rotatable bonds is 11. The maximum absolute atomic E-state index is 10.8. The lowest BCUT2D eigenvalue weighted by Gasteiger charge is -2.33. The van der Waals surface area contributed by atoms with Gasteiger partial charge < -0.3 is 29.8 Å². The van der Waals surface area contributed by atoms with Gasteiger partial charge in [0.05, 0.1) is 27.4 Å². The van der Waals surface area contributed by atoms with Crippen LogP contribution in [0, 0.1) is 0 Å². The third-order valence-electron chi connectivity index (χ3n) is 3.67. The monoisotopic (exact) mass is 327 g/mol. The van der Waals surface area contributed by atoms with E-state index in [2.05, 4.69) is 0 Å². The summed E-state index contributed by atoms with van der Waals surface area (Å²) >= 11 is 0. The van der Waals surface area contributed by atoms with Crippen molar-refractivity contribution >= 4 is 0 Å². The first kappa shape index (κ1) is 19.7. The normalized spacial score (nSPS) is 13.0. The molecule has 6 nitrogen and oxygen atoms in total. The van der Waals surface area contributed by atoms with Crippen molar-refractivity contribution in [3.05, 3.63) is 23.8 Å². The minimum absolute atomic E-state index is 0.131. The maximum Gasteiger partial charge on any atom is 0.126 e. The predicted octanol–water partition coefficient (Wildman–Crippen LogP) is 1.38. The van der Waals surface area contributed by atoms with Crippen LogP contribution >= 0.6 is 0 Å². The van der Waals surface area contributed by atoms with Gasteiger partial charge in [-0.15, -0.1) is 0 Å². The lowest BCUT2D eigenvalue weighted by molar-refractivity contribution is -0.106. The second-order valence-corrected chi connectivity index (χ2v) is 5.41. The zero-order chi connectivity index (χ0) is 17.3. The molecule has 0 amide bonds. The molecule has 1 unspecified atom stereocenters. The van der Waals surface area contributed by atoms with Crippen LogP contribution in [0.2, 0.25) is 0 Å². The molecule has 1 aromatic carbocycles. The molecule has 6 heteroatoms. The minimum atomic E-state index is -1.25. The van der Waals surface area contributed by atoms with E-state index in [1.54, 1.807) is 20.3 Å². The van der Waals surface area contributed by atoms with Crippen molar-refractivity contribution in [1.29, 1.82) is 0 Å². The Morgan fingerprint density at radius 2 is 1.48 bits per heavy atom. The van der Waals surface area contributed by atoms with Crippen molar-refractivity contribution in [3.8, 4) is 11.5 Å². The Hall–Kier alpha value is -1.34. The summed E-state index contributed by atoms with van der Waals surface area (Å²) in [4.78, 5) is 0. The van der Waals surface area contributed by atoms with Gasteiger partial charge in [-0.1, -0.05) is 0 Å². The molecule has 0 saturated heterocycles. The van der Waals surface area contributed by atoms with Crippen molar-refractivity contribution in [3.63, 3.8) is 0 Å². The van der Waals surface area contributed by atoms with E-state index in [4.69, 9.17) is 24.7 Å². The molecule has 0 bridgehead atoms. The second-order valence-electron chi connectivity index (χ2n) is 5.41. The first-order chi connectivity index (χ1) is 11.0. The van der Waals surface area contributed by atoms with E-state index < -0.39 is 11.6 Å². The molecule has 0 aliphatic carbocycles. The maximum atomic E-state index is 10.8. The topological polar surface area (TPSA) is 83.2 Å². The van der Waals surface area contributed by atoms with Crippen LogP contribution in [0.5, 0.6) is 11.5 Å². The Balaban J connectivity index is 2.90. The zero-order valence-electron chi connectivity index (χ0n) is 14.5. The smallest absolute Gasteiger partial charge is 0.126 e. The fourth-order valence-electron chi connectivity index (χ4n) is 2.24. The molecule has 132 valence electrons. The molecule has 0 fully saturated rings. The number of hydrogen-bond donors (Lipinski definition) is 2. The summed E-state index contributed by atoms with van der Waals surface area (Å²) in [6.45, 7) is 5.03. The fraction of sp³-hybridized carbons (Fsp3) is 0.647. The van der Waals surface area contributed by atoms with Crippen LogP contribution < -0.4 is 15.2 Å². The average Bonchev–Trinajstić information content (AvgIpc) is 2.57. The van der Waals surface area contributed by atoms with E-state index >= 15 is 0 Å². The molecule has 0 aromatic heterocycles. The number of methoxy groups -OCH3 is 2. The van der Waals surface area contributed by atoms with E-state index in [9.17, 15) is 5.11 Å². The first-order valence-corrected chi connectivity index (χ1v) is 7.84. The highest BCUT2D eigenvalue weighted by atomic mass is 16.5. The molecule has 23 heavy (non-hydrogen) atoms. The van der Waals surface area contributed by atoms with Gasteiger partial charge in [-0.2, -0.15) is 0 Å². The number of ether oxygens (including phenoxy) is 4. The molecule has 0 aliphatic heterocycles. The van der Waals surface area contributed by atoms with Gasteiger partial charge >= 0.3 is 0 Å². The van der Waals surface area contributed by atoms with Crippen LogP contribution in [0.3, 0.4) is 0 Å². The molecule has 0 heterocycles. The fourth-order valence-corrected chi connectivity index (χ4v) is 2.24. The number of nitrogens with two attached hydrogens (primary N) is 1. The highest BCUT2D eigenvalue weighted by molar-refractivity contribution is 5.39. The van der Waals surface area contributed by atoms with Crippen molar-refractivity contribution in [2.24, 2.45) is 5.73 Å². The Labute approximate surface area is 138 Å². The van der Waals surface area contributed by atoms with Gasteiger partial charge in [0, 0.05) is 25.3 Å².